The summed E-state index contributed by atoms with van der Waals surface area (Å²) in [5.74, 6) is 0.431. The minimum atomic E-state index is -0.160. The largest absolute Gasteiger partial charge is 0.355 e. The Morgan fingerprint density at radius 2 is 1.24 bits per heavy atom. The van der Waals surface area contributed by atoms with Gasteiger partial charge in [-0.15, -0.1) is 0 Å². The van der Waals surface area contributed by atoms with Gasteiger partial charge in [0, 0.05) is 25.2 Å². The first-order valence-corrected chi connectivity index (χ1v) is 9.58. The Hall–Kier alpha value is -1.14. The number of carbonyl (C=O) groups is 2. The number of hydrogen-bond donors (Lipinski definition) is 2. The monoisotopic (exact) mass is 352 g/mol. The average Bonchev–Trinajstić information content (AvgIpc) is 3.07. The lowest BCUT2D eigenvalue weighted by molar-refractivity contribution is -0.126. The number of nitrogens with one attached hydrogen (secondary N) is 2. The summed E-state index contributed by atoms with van der Waals surface area (Å²) in [6, 6.07) is 0.590. The van der Waals surface area contributed by atoms with E-state index in [4.69, 9.17) is 0 Å². The van der Waals surface area contributed by atoms with Gasteiger partial charge in [0.15, 0.2) is 0 Å². The summed E-state index contributed by atoms with van der Waals surface area (Å²) in [5, 5.41) is 6.20. The van der Waals surface area contributed by atoms with Gasteiger partial charge < -0.3 is 20.4 Å². The van der Waals surface area contributed by atoms with Crippen molar-refractivity contribution in [2.24, 2.45) is 17.3 Å². The van der Waals surface area contributed by atoms with Gasteiger partial charge in [0.05, 0.1) is 11.8 Å². The van der Waals surface area contributed by atoms with Gasteiger partial charge in [0.25, 0.3) is 0 Å². The van der Waals surface area contributed by atoms with E-state index < -0.39 is 0 Å². The maximum absolute atomic E-state index is 12.4. The molecule has 0 saturated carbocycles. The van der Waals surface area contributed by atoms with Crippen LogP contribution in [0.1, 0.15) is 40.5 Å². The Kier molecular flexibility index (Phi) is 6.49. The molecule has 2 heterocycles. The van der Waals surface area contributed by atoms with E-state index in [-0.39, 0.29) is 29.1 Å². The van der Waals surface area contributed by atoms with Crippen molar-refractivity contribution in [3.63, 3.8) is 0 Å². The predicted molar refractivity (Wildman–Crippen MR) is 100 cm³/mol. The van der Waals surface area contributed by atoms with Crippen LogP contribution in [0.3, 0.4) is 0 Å². The molecule has 25 heavy (non-hydrogen) atoms. The topological polar surface area (TPSA) is 64.7 Å². The number of amides is 2. The SMILES string of the molecule is CC1C(C(=O)NCC(C)(C)CNC(=O)C2CCN(C)C2C)CCN1C. The van der Waals surface area contributed by atoms with Crippen LogP contribution in [-0.4, -0.2) is 74.0 Å². The molecule has 2 amide bonds. The van der Waals surface area contributed by atoms with Crippen molar-refractivity contribution in [1.29, 1.82) is 0 Å². The zero-order valence-corrected chi connectivity index (χ0v) is 16.8. The molecule has 4 atom stereocenters. The summed E-state index contributed by atoms with van der Waals surface area (Å²) in [6.07, 6.45) is 1.85. The molecular formula is C19H36N4O2. The second-order valence-corrected chi connectivity index (χ2v) is 8.83. The molecule has 2 N–H and O–H groups in total. The molecule has 0 aromatic carbocycles. The second-order valence-electron chi connectivity index (χ2n) is 8.83. The zero-order chi connectivity index (χ0) is 18.8. The van der Waals surface area contributed by atoms with Crippen LogP contribution in [0.2, 0.25) is 0 Å². The van der Waals surface area contributed by atoms with E-state index >= 15 is 0 Å². The van der Waals surface area contributed by atoms with Gasteiger partial charge in [-0.3, -0.25) is 9.59 Å². The summed E-state index contributed by atoms with van der Waals surface area (Å²) >= 11 is 0. The molecule has 0 bridgehead atoms. The second kappa shape index (κ2) is 8.04. The van der Waals surface area contributed by atoms with Crippen LogP contribution in [0.5, 0.6) is 0 Å². The van der Waals surface area contributed by atoms with E-state index in [0.717, 1.165) is 25.9 Å². The fourth-order valence-corrected chi connectivity index (χ4v) is 3.87. The molecule has 4 unspecified atom stereocenters. The first-order chi connectivity index (χ1) is 11.6. The van der Waals surface area contributed by atoms with E-state index in [2.05, 4.69) is 62.2 Å². The number of nitrogens with zero attached hydrogens (tertiary/aromatic N) is 2. The fourth-order valence-electron chi connectivity index (χ4n) is 3.87. The highest BCUT2D eigenvalue weighted by molar-refractivity contribution is 5.80. The lowest BCUT2D eigenvalue weighted by Crippen LogP contribution is -2.46. The highest BCUT2D eigenvalue weighted by atomic mass is 16.2. The van der Waals surface area contributed by atoms with Gasteiger partial charge in [-0.25, -0.2) is 0 Å². The van der Waals surface area contributed by atoms with Gasteiger partial charge in [0.2, 0.25) is 11.8 Å². The molecule has 2 saturated heterocycles. The minimum Gasteiger partial charge on any atom is -0.355 e. The molecular weight excluding hydrogens is 316 g/mol. The van der Waals surface area contributed by atoms with Crippen molar-refractivity contribution >= 4 is 11.8 Å². The Morgan fingerprint density at radius 1 is 0.880 bits per heavy atom. The number of hydrogen-bond acceptors (Lipinski definition) is 4. The summed E-state index contributed by atoms with van der Waals surface area (Å²) in [5.41, 5.74) is -0.160. The van der Waals surface area contributed by atoms with Crippen molar-refractivity contribution in [3.8, 4) is 0 Å². The third-order valence-corrected chi connectivity index (χ3v) is 6.30. The molecule has 2 fully saturated rings. The molecule has 6 nitrogen and oxygen atoms in total. The summed E-state index contributed by atoms with van der Waals surface area (Å²) in [7, 11) is 4.14. The Bertz CT molecular complexity index is 452. The minimum absolute atomic E-state index is 0.0743. The van der Waals surface area contributed by atoms with Crippen molar-refractivity contribution < 1.29 is 9.59 Å². The van der Waals surface area contributed by atoms with Crippen LogP contribution in [0.15, 0.2) is 0 Å². The number of carbonyl (C=O) groups excluding carboxylic acids is 2. The quantitative estimate of drug-likeness (QED) is 0.746. The highest BCUT2D eigenvalue weighted by Crippen LogP contribution is 2.24. The van der Waals surface area contributed by atoms with Gasteiger partial charge >= 0.3 is 0 Å². The van der Waals surface area contributed by atoms with Crippen molar-refractivity contribution in [2.45, 2.75) is 52.6 Å². The normalized spacial score (nSPS) is 31.3. The molecule has 2 rings (SSSR count). The Labute approximate surface area is 152 Å². The number of rotatable bonds is 6. The predicted octanol–water partition coefficient (Wildman–Crippen LogP) is 0.925. The van der Waals surface area contributed by atoms with Crippen LogP contribution in [0.25, 0.3) is 0 Å². The third kappa shape index (κ3) is 4.94. The molecule has 0 aromatic heterocycles. The molecule has 6 heteroatoms. The van der Waals surface area contributed by atoms with E-state index in [1.165, 1.54) is 0 Å². The Morgan fingerprint density at radius 3 is 1.52 bits per heavy atom. The highest BCUT2D eigenvalue weighted by Gasteiger charge is 2.35. The van der Waals surface area contributed by atoms with Crippen molar-refractivity contribution in [1.82, 2.24) is 20.4 Å². The van der Waals surface area contributed by atoms with Crippen LogP contribution >= 0.6 is 0 Å². The van der Waals surface area contributed by atoms with Crippen LogP contribution < -0.4 is 10.6 Å². The van der Waals surface area contributed by atoms with E-state index in [1.807, 2.05) is 0 Å². The Balaban J connectivity index is 1.76. The molecule has 144 valence electrons. The smallest absolute Gasteiger partial charge is 0.224 e. The van der Waals surface area contributed by atoms with E-state index in [9.17, 15) is 9.59 Å². The summed E-state index contributed by atoms with van der Waals surface area (Å²) in [6.45, 7) is 11.5. The molecule has 0 aliphatic carbocycles. The molecule has 0 spiro atoms. The molecule has 0 radical (unpaired) electrons. The van der Waals surface area contributed by atoms with Gasteiger partial charge in [0.1, 0.15) is 0 Å². The molecule has 2 aliphatic heterocycles. The first-order valence-electron chi connectivity index (χ1n) is 9.58. The lowest BCUT2D eigenvalue weighted by atomic mass is 9.91. The maximum Gasteiger partial charge on any atom is 0.224 e. The van der Waals surface area contributed by atoms with Gasteiger partial charge in [-0.1, -0.05) is 13.8 Å². The molecule has 2 aliphatic rings. The maximum atomic E-state index is 12.4. The van der Waals surface area contributed by atoms with Gasteiger partial charge in [-0.05, 0) is 59.3 Å². The van der Waals surface area contributed by atoms with Crippen LogP contribution in [0.4, 0.5) is 0 Å². The molecule has 0 aromatic rings. The summed E-state index contributed by atoms with van der Waals surface area (Å²) < 4.78 is 0. The third-order valence-electron chi connectivity index (χ3n) is 6.30. The van der Waals surface area contributed by atoms with E-state index in [1.54, 1.807) is 0 Å². The zero-order valence-electron chi connectivity index (χ0n) is 16.8. The van der Waals surface area contributed by atoms with Crippen molar-refractivity contribution in [2.75, 3.05) is 40.3 Å². The van der Waals surface area contributed by atoms with E-state index in [0.29, 0.717) is 25.2 Å². The fraction of sp³-hybridized carbons (Fsp3) is 0.895. The average molecular weight is 353 g/mol. The summed E-state index contributed by atoms with van der Waals surface area (Å²) in [4.78, 5) is 29.4. The van der Waals surface area contributed by atoms with Crippen molar-refractivity contribution in [3.05, 3.63) is 0 Å². The standard InChI is InChI=1S/C19H36N4O2/c1-13-15(7-9-22(13)5)17(24)20-11-19(3,4)12-21-18(25)16-8-10-23(6)14(16)2/h13-16H,7-12H2,1-6H3,(H,20,24)(H,21,25). The van der Waals surface area contributed by atoms with Crippen LogP contribution in [0, 0.1) is 17.3 Å². The lowest BCUT2D eigenvalue weighted by Gasteiger charge is -2.28. The van der Waals surface area contributed by atoms with Crippen LogP contribution in [-0.2, 0) is 9.59 Å². The first kappa shape index (κ1) is 20.2. The van der Waals surface area contributed by atoms with Gasteiger partial charge in [-0.2, -0.15) is 0 Å². The number of likely N-dealkylation sites (tertiary alicyclic amines) is 2.